The van der Waals surface area contributed by atoms with E-state index in [9.17, 15) is 13.2 Å². The van der Waals surface area contributed by atoms with Gasteiger partial charge in [0.1, 0.15) is 5.75 Å². The van der Waals surface area contributed by atoms with Gasteiger partial charge < -0.3 is 14.1 Å². The highest BCUT2D eigenvalue weighted by atomic mass is 32.2. The SMILES string of the molecule is COc1ccc(S(=O)(=O)NC[C@@H]2CCCN(C(=O)c3ocnc3C)C2)cc1. The standard InChI is InChI=1S/C18H23N3O5S/c1-13-17(26-12-19-13)18(22)21-9-3-4-14(11-21)10-20-27(23,24)16-7-5-15(25-2)6-8-16/h5-8,12,14,20H,3-4,9-11H2,1-2H3/t14-/m0/s1. The quantitative estimate of drug-likeness (QED) is 0.803. The topological polar surface area (TPSA) is 102 Å². The predicted molar refractivity (Wildman–Crippen MR) is 98.1 cm³/mol. The van der Waals surface area contributed by atoms with E-state index in [-0.39, 0.29) is 29.0 Å². The maximum atomic E-state index is 12.6. The molecule has 1 aliphatic rings. The number of hydrogen-bond acceptors (Lipinski definition) is 6. The van der Waals surface area contributed by atoms with Crippen LogP contribution in [0.3, 0.4) is 0 Å². The van der Waals surface area contributed by atoms with Crippen molar-refractivity contribution in [3.63, 3.8) is 0 Å². The van der Waals surface area contributed by atoms with Crippen molar-refractivity contribution < 1.29 is 22.4 Å². The molecule has 2 heterocycles. The lowest BCUT2D eigenvalue weighted by Gasteiger charge is -2.32. The van der Waals surface area contributed by atoms with Crippen molar-refractivity contribution in [3.8, 4) is 5.75 Å². The molecule has 1 amide bonds. The second kappa shape index (κ2) is 8.10. The predicted octanol–water partition coefficient (Wildman–Crippen LogP) is 1.82. The molecule has 9 heteroatoms. The summed E-state index contributed by atoms with van der Waals surface area (Å²) in [6, 6.07) is 6.22. The van der Waals surface area contributed by atoms with Crippen LogP contribution in [0.15, 0.2) is 40.0 Å². The maximum absolute atomic E-state index is 12.6. The highest BCUT2D eigenvalue weighted by Crippen LogP contribution is 2.20. The molecule has 27 heavy (non-hydrogen) atoms. The Morgan fingerprint density at radius 2 is 2.11 bits per heavy atom. The molecule has 1 aliphatic heterocycles. The van der Waals surface area contributed by atoms with Crippen LogP contribution in [0.4, 0.5) is 0 Å². The molecule has 1 aromatic carbocycles. The first kappa shape index (κ1) is 19.4. The molecule has 0 bridgehead atoms. The summed E-state index contributed by atoms with van der Waals surface area (Å²) in [5.74, 6) is 0.680. The Bertz CT molecular complexity index is 892. The zero-order chi connectivity index (χ0) is 19.4. The number of likely N-dealkylation sites (tertiary alicyclic amines) is 1. The molecule has 1 atom stereocenters. The number of ether oxygens (including phenoxy) is 1. The van der Waals surface area contributed by atoms with Crippen molar-refractivity contribution >= 4 is 15.9 Å². The van der Waals surface area contributed by atoms with Crippen molar-refractivity contribution in [2.24, 2.45) is 5.92 Å². The van der Waals surface area contributed by atoms with Crippen LogP contribution in [-0.2, 0) is 10.0 Å². The Kier molecular flexibility index (Phi) is 5.81. The summed E-state index contributed by atoms with van der Waals surface area (Å²) in [5.41, 5.74) is 0.558. The minimum atomic E-state index is -3.61. The highest BCUT2D eigenvalue weighted by Gasteiger charge is 2.28. The Morgan fingerprint density at radius 3 is 2.74 bits per heavy atom. The van der Waals surface area contributed by atoms with Gasteiger partial charge in [-0.05, 0) is 49.9 Å². The molecule has 0 unspecified atom stereocenters. The zero-order valence-electron chi connectivity index (χ0n) is 15.3. The number of methoxy groups -OCH3 is 1. The van der Waals surface area contributed by atoms with Gasteiger partial charge in [0.2, 0.25) is 15.8 Å². The third-order valence-corrected chi connectivity index (χ3v) is 6.12. The second-order valence-electron chi connectivity index (χ2n) is 6.55. The summed E-state index contributed by atoms with van der Waals surface area (Å²) < 4.78 is 37.8. The van der Waals surface area contributed by atoms with Gasteiger partial charge in [0.05, 0.1) is 17.7 Å². The summed E-state index contributed by atoms with van der Waals surface area (Å²) >= 11 is 0. The molecule has 0 radical (unpaired) electrons. The van der Waals surface area contributed by atoms with Crippen LogP contribution in [-0.4, -0.2) is 51.0 Å². The van der Waals surface area contributed by atoms with Crippen molar-refractivity contribution in [2.45, 2.75) is 24.7 Å². The van der Waals surface area contributed by atoms with Gasteiger partial charge in [-0.15, -0.1) is 0 Å². The van der Waals surface area contributed by atoms with Crippen molar-refractivity contribution in [1.29, 1.82) is 0 Å². The number of nitrogens with zero attached hydrogens (tertiary/aromatic N) is 2. The average molecular weight is 393 g/mol. The zero-order valence-corrected chi connectivity index (χ0v) is 16.2. The molecule has 2 aromatic rings. The molecule has 0 aliphatic carbocycles. The largest absolute Gasteiger partial charge is 0.497 e. The van der Waals surface area contributed by atoms with Gasteiger partial charge >= 0.3 is 0 Å². The first-order valence-corrected chi connectivity index (χ1v) is 10.2. The van der Waals surface area contributed by atoms with Gasteiger partial charge in [0, 0.05) is 19.6 Å². The van der Waals surface area contributed by atoms with E-state index in [0.717, 1.165) is 12.8 Å². The Morgan fingerprint density at radius 1 is 1.37 bits per heavy atom. The van der Waals surface area contributed by atoms with Crippen LogP contribution >= 0.6 is 0 Å². The maximum Gasteiger partial charge on any atom is 0.291 e. The van der Waals surface area contributed by atoms with E-state index in [1.807, 2.05) is 0 Å². The lowest BCUT2D eigenvalue weighted by atomic mass is 9.98. The van der Waals surface area contributed by atoms with Crippen LogP contribution in [0.2, 0.25) is 0 Å². The molecule has 1 saturated heterocycles. The normalized spacial score (nSPS) is 17.7. The third kappa shape index (κ3) is 4.48. The number of amides is 1. The molecule has 3 rings (SSSR count). The van der Waals surface area contributed by atoms with Crippen molar-refractivity contribution in [3.05, 3.63) is 42.1 Å². The summed E-state index contributed by atoms with van der Waals surface area (Å²) in [5, 5.41) is 0. The second-order valence-corrected chi connectivity index (χ2v) is 8.32. The average Bonchev–Trinajstić information content (AvgIpc) is 3.12. The van der Waals surface area contributed by atoms with Crippen LogP contribution < -0.4 is 9.46 Å². The van der Waals surface area contributed by atoms with E-state index < -0.39 is 10.0 Å². The van der Waals surface area contributed by atoms with Gasteiger partial charge in [0.15, 0.2) is 6.39 Å². The lowest BCUT2D eigenvalue weighted by Crippen LogP contribution is -2.43. The van der Waals surface area contributed by atoms with E-state index in [1.54, 1.807) is 24.0 Å². The van der Waals surface area contributed by atoms with Gasteiger partial charge in [-0.25, -0.2) is 18.1 Å². The Labute approximate surface area is 158 Å². The van der Waals surface area contributed by atoms with Crippen LogP contribution in [0.1, 0.15) is 29.1 Å². The molecule has 1 N–H and O–H groups in total. The first-order chi connectivity index (χ1) is 12.9. The van der Waals surface area contributed by atoms with Gasteiger partial charge in [-0.1, -0.05) is 0 Å². The summed E-state index contributed by atoms with van der Waals surface area (Å²) in [7, 11) is -2.08. The van der Waals surface area contributed by atoms with E-state index in [4.69, 9.17) is 9.15 Å². The van der Waals surface area contributed by atoms with E-state index in [0.29, 0.717) is 24.5 Å². The summed E-state index contributed by atoms with van der Waals surface area (Å²) in [6.45, 7) is 3.10. The molecule has 0 saturated carbocycles. The number of oxazole rings is 1. The van der Waals surface area contributed by atoms with Gasteiger partial charge in [0.25, 0.3) is 5.91 Å². The summed E-state index contributed by atoms with van der Waals surface area (Å²) in [4.78, 5) is 18.4. The minimum Gasteiger partial charge on any atom is -0.497 e. The van der Waals surface area contributed by atoms with Crippen molar-refractivity contribution in [1.82, 2.24) is 14.6 Å². The first-order valence-electron chi connectivity index (χ1n) is 8.74. The molecule has 146 valence electrons. The number of aromatic nitrogens is 1. The van der Waals surface area contributed by atoms with Crippen LogP contribution in [0.25, 0.3) is 0 Å². The number of aryl methyl sites for hydroxylation is 1. The molecule has 1 aromatic heterocycles. The fourth-order valence-electron chi connectivity index (χ4n) is 3.13. The number of sulfonamides is 1. The molecular weight excluding hydrogens is 370 g/mol. The van der Waals surface area contributed by atoms with Crippen molar-refractivity contribution in [2.75, 3.05) is 26.7 Å². The number of carbonyl (C=O) groups excluding carboxylic acids is 1. The lowest BCUT2D eigenvalue weighted by molar-refractivity contribution is 0.0643. The monoisotopic (exact) mass is 393 g/mol. The highest BCUT2D eigenvalue weighted by molar-refractivity contribution is 7.89. The van der Waals surface area contributed by atoms with Gasteiger partial charge in [-0.2, -0.15) is 0 Å². The third-order valence-electron chi connectivity index (χ3n) is 4.68. The molecule has 8 nitrogen and oxygen atoms in total. The van der Waals surface area contributed by atoms with Gasteiger partial charge in [-0.3, -0.25) is 4.79 Å². The fourth-order valence-corrected chi connectivity index (χ4v) is 4.25. The Balaban J connectivity index is 1.60. The fraction of sp³-hybridized carbons (Fsp3) is 0.444. The molecule has 0 spiro atoms. The Hall–Kier alpha value is -2.39. The molecular formula is C18H23N3O5S. The van der Waals surface area contributed by atoms with E-state index in [2.05, 4.69) is 9.71 Å². The number of piperidine rings is 1. The van der Waals surface area contributed by atoms with E-state index in [1.165, 1.54) is 25.6 Å². The summed E-state index contributed by atoms with van der Waals surface area (Å²) in [6.07, 6.45) is 2.92. The van der Waals surface area contributed by atoms with E-state index >= 15 is 0 Å². The number of benzene rings is 1. The smallest absolute Gasteiger partial charge is 0.291 e. The molecule has 1 fully saturated rings. The minimum absolute atomic E-state index is 0.0407. The van der Waals surface area contributed by atoms with Crippen LogP contribution in [0, 0.1) is 12.8 Å². The number of nitrogens with one attached hydrogen (secondary N) is 1. The number of hydrogen-bond donors (Lipinski definition) is 1. The van der Waals surface area contributed by atoms with Crippen LogP contribution in [0.5, 0.6) is 5.75 Å². The number of rotatable bonds is 6. The number of carbonyl (C=O) groups is 1.